The average molecular weight is 420 g/mol. The maximum atomic E-state index is 12.6. The summed E-state index contributed by atoms with van der Waals surface area (Å²) in [7, 11) is 0. The highest BCUT2D eigenvalue weighted by molar-refractivity contribution is 7.17. The van der Waals surface area contributed by atoms with Crippen LogP contribution in [0.15, 0.2) is 36.4 Å². The molecule has 0 radical (unpaired) electrons. The van der Waals surface area contributed by atoms with Crippen molar-refractivity contribution in [2.75, 3.05) is 18.1 Å². The summed E-state index contributed by atoms with van der Waals surface area (Å²) in [6, 6.07) is 12.7. The van der Waals surface area contributed by atoms with Crippen molar-refractivity contribution >= 4 is 28.1 Å². The maximum absolute atomic E-state index is 12.6. The van der Waals surface area contributed by atoms with Gasteiger partial charge >= 0.3 is 0 Å². The number of benzene rings is 2. The van der Waals surface area contributed by atoms with Crippen molar-refractivity contribution in [2.45, 2.75) is 39.7 Å². The van der Waals surface area contributed by atoms with Gasteiger partial charge in [-0.05, 0) is 62.1 Å². The molecular formula is C24H25N3O2S. The van der Waals surface area contributed by atoms with E-state index in [1.165, 1.54) is 33.6 Å². The number of nitrogens with zero attached hydrogens (tertiary/aromatic N) is 2. The van der Waals surface area contributed by atoms with Gasteiger partial charge in [-0.2, -0.15) is 0 Å². The minimum Gasteiger partial charge on any atom is -0.490 e. The molecule has 2 aliphatic heterocycles. The van der Waals surface area contributed by atoms with Gasteiger partial charge in [0.2, 0.25) is 0 Å². The fourth-order valence-electron chi connectivity index (χ4n) is 4.42. The van der Waals surface area contributed by atoms with Crippen LogP contribution in [-0.2, 0) is 6.42 Å². The van der Waals surface area contributed by atoms with E-state index in [2.05, 4.69) is 54.4 Å². The zero-order chi connectivity index (χ0) is 21.0. The molecule has 6 heteroatoms. The van der Waals surface area contributed by atoms with E-state index in [4.69, 9.17) is 9.72 Å². The monoisotopic (exact) mass is 419 g/mol. The number of aromatic nitrogens is 1. The lowest BCUT2D eigenvalue weighted by atomic mass is 9.94. The van der Waals surface area contributed by atoms with Crippen LogP contribution in [0.3, 0.4) is 0 Å². The number of aryl methyl sites for hydroxylation is 2. The third-order valence-electron chi connectivity index (χ3n) is 5.78. The first-order chi connectivity index (χ1) is 14.3. The summed E-state index contributed by atoms with van der Waals surface area (Å²) in [5, 5.41) is 3.94. The van der Waals surface area contributed by atoms with Crippen molar-refractivity contribution in [3.8, 4) is 16.9 Å². The van der Waals surface area contributed by atoms with Crippen LogP contribution in [0, 0.1) is 13.8 Å². The predicted molar refractivity (Wildman–Crippen MR) is 121 cm³/mol. The van der Waals surface area contributed by atoms with Crippen LogP contribution in [0.5, 0.6) is 5.75 Å². The molecule has 2 aromatic carbocycles. The van der Waals surface area contributed by atoms with E-state index in [0.29, 0.717) is 13.2 Å². The number of carbonyl (C=O) groups is 1. The zero-order valence-corrected chi connectivity index (χ0v) is 18.5. The first-order valence-corrected chi connectivity index (χ1v) is 11.1. The number of hydrogen-bond acceptors (Lipinski definition) is 5. The van der Waals surface area contributed by atoms with Gasteiger partial charge in [-0.25, -0.2) is 4.98 Å². The van der Waals surface area contributed by atoms with E-state index >= 15 is 0 Å². The Hall–Kier alpha value is -2.86. The van der Waals surface area contributed by atoms with E-state index < -0.39 is 0 Å². The first kappa shape index (κ1) is 19.1. The van der Waals surface area contributed by atoms with Crippen LogP contribution in [-0.4, -0.2) is 29.6 Å². The Balaban J connectivity index is 1.59. The van der Waals surface area contributed by atoms with Gasteiger partial charge in [0.25, 0.3) is 5.91 Å². The number of fused-ring (bicyclic) bond motifs is 2. The number of rotatable bonds is 2. The highest BCUT2D eigenvalue weighted by atomic mass is 32.1. The van der Waals surface area contributed by atoms with Crippen molar-refractivity contribution in [3.63, 3.8) is 0 Å². The van der Waals surface area contributed by atoms with Gasteiger partial charge < -0.3 is 15.0 Å². The summed E-state index contributed by atoms with van der Waals surface area (Å²) in [5.41, 5.74) is 6.55. The van der Waals surface area contributed by atoms with E-state index in [9.17, 15) is 4.79 Å². The predicted octanol–water partition coefficient (Wildman–Crippen LogP) is 5.02. The van der Waals surface area contributed by atoms with Crippen molar-refractivity contribution in [3.05, 3.63) is 58.1 Å². The number of thiazole rings is 1. The van der Waals surface area contributed by atoms with Crippen molar-refractivity contribution < 1.29 is 9.53 Å². The molecule has 0 aliphatic carbocycles. The molecule has 2 aliphatic rings. The highest BCUT2D eigenvalue weighted by Crippen LogP contribution is 2.43. The summed E-state index contributed by atoms with van der Waals surface area (Å²) < 4.78 is 5.94. The molecule has 30 heavy (non-hydrogen) atoms. The minimum atomic E-state index is -0.270. The molecule has 5 rings (SSSR count). The normalized spacial score (nSPS) is 17.1. The van der Waals surface area contributed by atoms with Gasteiger partial charge in [0.15, 0.2) is 5.13 Å². The molecule has 154 valence electrons. The lowest BCUT2D eigenvalue weighted by Crippen LogP contribution is -2.48. The van der Waals surface area contributed by atoms with E-state index in [-0.39, 0.29) is 11.4 Å². The number of ether oxygens (including phenoxy) is 1. The lowest BCUT2D eigenvalue weighted by Gasteiger charge is -2.30. The van der Waals surface area contributed by atoms with Gasteiger partial charge in [0.1, 0.15) is 17.2 Å². The second kappa shape index (κ2) is 6.84. The molecule has 0 bridgehead atoms. The molecule has 0 saturated carbocycles. The van der Waals surface area contributed by atoms with Crippen molar-refractivity contribution in [2.24, 2.45) is 0 Å². The number of hydrogen-bond donors (Lipinski definition) is 1. The van der Waals surface area contributed by atoms with Crippen molar-refractivity contribution in [1.29, 1.82) is 0 Å². The third kappa shape index (κ3) is 3.16. The summed E-state index contributed by atoms with van der Waals surface area (Å²) in [6.07, 6.45) is 0.740. The SMILES string of the molecule is Cc1cccc(C)c1-c1ccc2c(c1)N(c1nc3c(s1)C(=O)NC(C)(C)C3)CCO2. The molecule has 1 N–H and O–H groups in total. The molecule has 1 aromatic heterocycles. The van der Waals surface area contributed by atoms with E-state index in [1.54, 1.807) is 0 Å². The Morgan fingerprint density at radius 1 is 1.17 bits per heavy atom. The quantitative estimate of drug-likeness (QED) is 0.634. The van der Waals surface area contributed by atoms with Gasteiger partial charge in [0, 0.05) is 12.0 Å². The molecule has 3 heterocycles. The topological polar surface area (TPSA) is 54.5 Å². The van der Waals surface area contributed by atoms with Gasteiger partial charge in [-0.15, -0.1) is 0 Å². The van der Waals surface area contributed by atoms with Gasteiger partial charge in [0.05, 0.1) is 17.9 Å². The second-order valence-corrected chi connectivity index (χ2v) is 9.71. The van der Waals surface area contributed by atoms with Crippen LogP contribution >= 0.6 is 11.3 Å². The summed E-state index contributed by atoms with van der Waals surface area (Å²) in [5.74, 6) is 0.831. The van der Waals surface area contributed by atoms with E-state index in [1.807, 2.05) is 19.9 Å². The molecular weight excluding hydrogens is 394 g/mol. The average Bonchev–Trinajstić information content (AvgIpc) is 3.10. The van der Waals surface area contributed by atoms with Gasteiger partial charge in [-0.1, -0.05) is 35.6 Å². The largest absolute Gasteiger partial charge is 0.490 e. The highest BCUT2D eigenvalue weighted by Gasteiger charge is 2.34. The Labute approximate surface area is 180 Å². The molecule has 3 aromatic rings. The van der Waals surface area contributed by atoms with Crippen LogP contribution < -0.4 is 15.0 Å². The Morgan fingerprint density at radius 2 is 1.93 bits per heavy atom. The van der Waals surface area contributed by atoms with Gasteiger partial charge in [-0.3, -0.25) is 4.79 Å². The van der Waals surface area contributed by atoms with Crippen molar-refractivity contribution in [1.82, 2.24) is 10.3 Å². The third-order valence-corrected chi connectivity index (χ3v) is 6.90. The molecule has 0 saturated heterocycles. The number of carbonyl (C=O) groups excluding carboxylic acids is 1. The molecule has 0 unspecified atom stereocenters. The van der Waals surface area contributed by atoms with Crippen LogP contribution in [0.25, 0.3) is 11.1 Å². The Morgan fingerprint density at radius 3 is 2.70 bits per heavy atom. The Kier molecular flexibility index (Phi) is 4.36. The van der Waals surface area contributed by atoms with Crippen LogP contribution in [0.4, 0.5) is 10.8 Å². The molecule has 0 fully saturated rings. The van der Waals surface area contributed by atoms with Crippen LogP contribution in [0.1, 0.15) is 40.3 Å². The standard InChI is InChI=1S/C24H25N3O2S/c1-14-6-5-7-15(2)20(14)16-8-9-19-18(12-16)27(10-11-29-19)23-25-17-13-24(3,4)26-22(28)21(17)30-23/h5-9,12H,10-11,13H2,1-4H3,(H,26,28). The van der Waals surface area contributed by atoms with E-state index in [0.717, 1.165) is 33.6 Å². The first-order valence-electron chi connectivity index (χ1n) is 10.3. The Bertz CT molecular complexity index is 1150. The lowest BCUT2D eigenvalue weighted by molar-refractivity contribution is 0.0901. The summed E-state index contributed by atoms with van der Waals surface area (Å²) in [6.45, 7) is 9.66. The number of nitrogens with one attached hydrogen (secondary N) is 1. The zero-order valence-electron chi connectivity index (χ0n) is 17.7. The summed E-state index contributed by atoms with van der Waals surface area (Å²) >= 11 is 1.47. The minimum absolute atomic E-state index is 0.0252. The summed E-state index contributed by atoms with van der Waals surface area (Å²) in [4.78, 5) is 20.4. The molecule has 5 nitrogen and oxygen atoms in total. The molecule has 0 spiro atoms. The number of anilines is 2. The molecule has 0 atom stereocenters. The fraction of sp³-hybridized carbons (Fsp3) is 0.333. The van der Waals surface area contributed by atoms with Crippen LogP contribution in [0.2, 0.25) is 0 Å². The smallest absolute Gasteiger partial charge is 0.263 e. The fourth-order valence-corrected chi connectivity index (χ4v) is 5.44. The maximum Gasteiger partial charge on any atom is 0.263 e. The number of amides is 1. The molecule has 1 amide bonds. The second-order valence-electron chi connectivity index (χ2n) is 8.74.